The van der Waals surface area contributed by atoms with Crippen LogP contribution in [-0.4, -0.2) is 65.1 Å². The van der Waals surface area contributed by atoms with Gasteiger partial charge in [-0.1, -0.05) is 40.9 Å². The van der Waals surface area contributed by atoms with Crippen LogP contribution in [0.1, 0.15) is 26.3 Å². The largest absolute Gasteiger partial charge is 0.495 e. The van der Waals surface area contributed by atoms with Crippen molar-refractivity contribution in [2.45, 2.75) is 44.3 Å². The third kappa shape index (κ3) is 8.01. The molecule has 0 bridgehead atoms. The third-order valence-corrected chi connectivity index (χ3v) is 9.32. The summed E-state index contributed by atoms with van der Waals surface area (Å²) >= 11 is 19.1. The molecule has 0 fully saturated rings. The van der Waals surface area contributed by atoms with Gasteiger partial charge in [-0.15, -0.1) is 0 Å². The van der Waals surface area contributed by atoms with E-state index in [0.717, 1.165) is 4.31 Å². The second-order valence-electron chi connectivity index (χ2n) is 9.91. The van der Waals surface area contributed by atoms with Gasteiger partial charge in [-0.05, 0) is 63.2 Å². The minimum Gasteiger partial charge on any atom is -0.495 e. The van der Waals surface area contributed by atoms with E-state index in [1.54, 1.807) is 32.0 Å². The minimum absolute atomic E-state index is 0.00172. The summed E-state index contributed by atoms with van der Waals surface area (Å²) in [5, 5.41) is 3.54. The Balaban J connectivity index is 2.19. The maximum atomic E-state index is 14.3. The first kappa shape index (κ1) is 35.1. The van der Waals surface area contributed by atoms with E-state index in [1.807, 2.05) is 0 Å². The van der Waals surface area contributed by atoms with Gasteiger partial charge in [0, 0.05) is 39.3 Å². The Hall–Kier alpha value is -3.38. The lowest BCUT2D eigenvalue weighted by atomic mass is 10.1. The van der Waals surface area contributed by atoms with Gasteiger partial charge in [0.1, 0.15) is 18.3 Å². The summed E-state index contributed by atoms with van der Waals surface area (Å²) in [7, 11) is -0.331. The average molecular weight is 687 g/mol. The van der Waals surface area contributed by atoms with Crippen LogP contribution >= 0.6 is 34.8 Å². The van der Waals surface area contributed by atoms with Crippen molar-refractivity contribution in [2.24, 2.45) is 0 Å². The van der Waals surface area contributed by atoms with Gasteiger partial charge in [-0.3, -0.25) is 13.9 Å². The van der Waals surface area contributed by atoms with Crippen molar-refractivity contribution < 1.29 is 32.2 Å². The minimum atomic E-state index is -4.48. The van der Waals surface area contributed by atoms with E-state index in [1.165, 1.54) is 69.6 Å². The fourth-order valence-electron chi connectivity index (χ4n) is 4.32. The van der Waals surface area contributed by atoms with E-state index >= 15 is 0 Å². The zero-order chi connectivity index (χ0) is 32.8. The van der Waals surface area contributed by atoms with E-state index in [9.17, 15) is 18.0 Å². The van der Waals surface area contributed by atoms with Crippen molar-refractivity contribution >= 4 is 62.3 Å². The molecule has 0 aromatic heterocycles. The maximum absolute atomic E-state index is 14.3. The zero-order valence-corrected chi connectivity index (χ0v) is 28.1. The number of carbonyl (C=O) groups is 2. The number of amides is 2. The predicted octanol–water partition coefficient (Wildman–Crippen LogP) is 5.81. The summed E-state index contributed by atoms with van der Waals surface area (Å²) in [6, 6.07) is 12.0. The molecule has 238 valence electrons. The highest BCUT2D eigenvalue weighted by Gasteiger charge is 2.35. The highest BCUT2D eigenvalue weighted by atomic mass is 35.5. The number of benzene rings is 3. The number of hydrogen-bond acceptors (Lipinski definition) is 7. The predicted molar refractivity (Wildman–Crippen MR) is 172 cm³/mol. The summed E-state index contributed by atoms with van der Waals surface area (Å²) in [6.07, 6.45) is 0. The van der Waals surface area contributed by atoms with Crippen LogP contribution in [0.5, 0.6) is 17.2 Å². The Labute approximate surface area is 272 Å². The number of nitrogens with one attached hydrogen (secondary N) is 1. The first-order valence-electron chi connectivity index (χ1n) is 13.4. The first-order chi connectivity index (χ1) is 20.7. The Morgan fingerprint density at radius 1 is 0.841 bits per heavy atom. The molecule has 0 radical (unpaired) electrons. The molecule has 1 atom stereocenters. The average Bonchev–Trinajstić information content (AvgIpc) is 2.98. The molecule has 0 spiro atoms. The molecule has 44 heavy (non-hydrogen) atoms. The van der Waals surface area contributed by atoms with Gasteiger partial charge in [-0.2, -0.15) is 0 Å². The number of carbonyl (C=O) groups excluding carboxylic acids is 2. The van der Waals surface area contributed by atoms with E-state index in [-0.39, 0.29) is 49.7 Å². The molecule has 10 nitrogen and oxygen atoms in total. The van der Waals surface area contributed by atoms with Gasteiger partial charge in [0.15, 0.2) is 11.5 Å². The van der Waals surface area contributed by atoms with Crippen molar-refractivity contribution in [1.82, 2.24) is 10.2 Å². The maximum Gasteiger partial charge on any atom is 0.265 e. The molecule has 3 aromatic carbocycles. The van der Waals surface area contributed by atoms with Crippen LogP contribution in [0.2, 0.25) is 15.1 Å². The summed E-state index contributed by atoms with van der Waals surface area (Å²) in [4.78, 5) is 28.4. The van der Waals surface area contributed by atoms with Gasteiger partial charge in [0.25, 0.3) is 10.0 Å². The van der Waals surface area contributed by atoms with Gasteiger partial charge in [0.2, 0.25) is 11.8 Å². The molecular weight excluding hydrogens is 653 g/mol. The number of rotatable bonds is 13. The highest BCUT2D eigenvalue weighted by molar-refractivity contribution is 7.92. The fourth-order valence-corrected chi connectivity index (χ4v) is 6.43. The number of methoxy groups -OCH3 is 3. The highest BCUT2D eigenvalue weighted by Crippen LogP contribution is 2.37. The summed E-state index contributed by atoms with van der Waals surface area (Å²) in [5.41, 5.74) is 0.390. The molecule has 0 aliphatic rings. The molecule has 3 rings (SSSR count). The summed E-state index contributed by atoms with van der Waals surface area (Å²) < 4.78 is 45.5. The number of hydrogen-bond donors (Lipinski definition) is 1. The van der Waals surface area contributed by atoms with Crippen LogP contribution in [0.25, 0.3) is 0 Å². The zero-order valence-electron chi connectivity index (χ0n) is 25.1. The quantitative estimate of drug-likeness (QED) is 0.241. The van der Waals surface area contributed by atoms with Gasteiger partial charge in [0.05, 0.1) is 31.9 Å². The molecule has 2 amide bonds. The van der Waals surface area contributed by atoms with Gasteiger partial charge in [-0.25, -0.2) is 8.42 Å². The van der Waals surface area contributed by atoms with Crippen LogP contribution in [0.4, 0.5) is 5.69 Å². The lowest BCUT2D eigenvalue weighted by Crippen LogP contribution is -2.52. The molecule has 1 N–H and O–H groups in total. The van der Waals surface area contributed by atoms with E-state index in [4.69, 9.17) is 49.0 Å². The second kappa shape index (κ2) is 15.1. The Morgan fingerprint density at radius 2 is 1.43 bits per heavy atom. The molecule has 0 unspecified atom stereocenters. The van der Waals surface area contributed by atoms with Crippen LogP contribution in [0.15, 0.2) is 59.5 Å². The number of ether oxygens (including phenoxy) is 3. The van der Waals surface area contributed by atoms with Crippen molar-refractivity contribution in [1.29, 1.82) is 0 Å². The molecule has 0 aliphatic heterocycles. The monoisotopic (exact) mass is 685 g/mol. The van der Waals surface area contributed by atoms with E-state index < -0.39 is 34.4 Å². The summed E-state index contributed by atoms with van der Waals surface area (Å²) in [6.45, 7) is 4.18. The van der Waals surface area contributed by atoms with Gasteiger partial charge < -0.3 is 24.4 Å². The summed E-state index contributed by atoms with van der Waals surface area (Å²) in [5.74, 6) is -0.573. The van der Waals surface area contributed by atoms with Crippen molar-refractivity contribution in [2.75, 3.05) is 32.2 Å². The fraction of sp³-hybridized carbons (Fsp3) is 0.333. The van der Waals surface area contributed by atoms with Crippen LogP contribution in [0, 0.1) is 0 Å². The SMILES string of the molecule is COc1ccc(S(=O)(=O)N(CC(=O)N(Cc2c(Cl)cccc2Cl)[C@H](C)C(=O)NC(C)C)c2cc(Cl)ccc2OC)cc1OC. The van der Waals surface area contributed by atoms with Crippen LogP contribution in [-0.2, 0) is 26.2 Å². The van der Waals surface area contributed by atoms with Crippen molar-refractivity contribution in [3.05, 3.63) is 75.2 Å². The number of sulfonamides is 1. The molecular formula is C30H34Cl3N3O7S. The lowest BCUT2D eigenvalue weighted by molar-refractivity contribution is -0.139. The molecule has 0 saturated heterocycles. The van der Waals surface area contributed by atoms with Crippen LogP contribution in [0.3, 0.4) is 0 Å². The Morgan fingerprint density at radius 3 is 2.00 bits per heavy atom. The number of anilines is 1. The molecule has 0 aliphatic carbocycles. The number of halogens is 3. The van der Waals surface area contributed by atoms with Gasteiger partial charge >= 0.3 is 0 Å². The topological polar surface area (TPSA) is 114 Å². The normalized spacial score (nSPS) is 12.0. The first-order valence-corrected chi connectivity index (χ1v) is 15.9. The van der Waals surface area contributed by atoms with Crippen molar-refractivity contribution in [3.63, 3.8) is 0 Å². The lowest BCUT2D eigenvalue weighted by Gasteiger charge is -2.33. The van der Waals surface area contributed by atoms with Crippen molar-refractivity contribution in [3.8, 4) is 17.2 Å². The van der Waals surface area contributed by atoms with E-state index in [0.29, 0.717) is 11.3 Å². The standard InChI is InChI=1S/C30H34Cl3N3O7S/c1-18(2)34-30(38)19(3)35(16-22-23(32)8-7-9-24(22)33)29(37)17-36(25-14-20(31)10-12-26(25)41-4)44(39,40)21-11-13-27(42-5)28(15-21)43-6/h7-15,18-19H,16-17H2,1-6H3,(H,34,38)/t19-/m1/s1. The molecule has 14 heteroatoms. The Kier molecular flexibility index (Phi) is 12.0. The Bertz CT molecular complexity index is 1600. The molecule has 3 aromatic rings. The smallest absolute Gasteiger partial charge is 0.265 e. The third-order valence-electron chi connectivity index (χ3n) is 6.62. The molecule has 0 heterocycles. The second-order valence-corrected chi connectivity index (χ2v) is 13.0. The number of nitrogens with zero attached hydrogens (tertiary/aromatic N) is 2. The van der Waals surface area contributed by atoms with Crippen LogP contribution < -0.4 is 23.8 Å². The van der Waals surface area contributed by atoms with E-state index in [2.05, 4.69) is 5.32 Å². The molecule has 0 saturated carbocycles.